The van der Waals surface area contributed by atoms with E-state index in [-0.39, 0.29) is 23.7 Å². The summed E-state index contributed by atoms with van der Waals surface area (Å²) in [5.74, 6) is 2.43. The Kier molecular flexibility index (Phi) is 3.21. The van der Waals surface area contributed by atoms with E-state index in [1.807, 2.05) is 6.08 Å². The van der Waals surface area contributed by atoms with Gasteiger partial charge in [0.25, 0.3) is 0 Å². The summed E-state index contributed by atoms with van der Waals surface area (Å²) in [4.78, 5) is 0. The quantitative estimate of drug-likeness (QED) is 0.572. The molecular formula is C21H32O3. The van der Waals surface area contributed by atoms with Crippen LogP contribution < -0.4 is 0 Å². The van der Waals surface area contributed by atoms with Crippen molar-refractivity contribution in [2.45, 2.75) is 83.7 Å². The SMILES string of the molecule is CC[C@H]1CC[C@H]2[C@@H]3[C@H](O)CC4=C[C@H](O)[C@@H]5O[C@@H]5[C@]4(C)[C@H]3CC[C@]12C. The summed E-state index contributed by atoms with van der Waals surface area (Å²) >= 11 is 0. The largest absolute Gasteiger partial charge is 0.392 e. The van der Waals surface area contributed by atoms with Crippen LogP contribution in [0.5, 0.6) is 0 Å². The first-order chi connectivity index (χ1) is 11.4. The van der Waals surface area contributed by atoms with E-state index in [1.54, 1.807) is 0 Å². The molecular weight excluding hydrogens is 300 g/mol. The summed E-state index contributed by atoms with van der Waals surface area (Å²) in [7, 11) is 0. The number of ether oxygens (including phenoxy) is 1. The molecule has 5 rings (SSSR count). The van der Waals surface area contributed by atoms with Crippen molar-refractivity contribution in [1.82, 2.24) is 0 Å². The molecule has 1 aliphatic heterocycles. The van der Waals surface area contributed by atoms with Gasteiger partial charge in [-0.1, -0.05) is 38.8 Å². The Morgan fingerprint density at radius 1 is 1.17 bits per heavy atom. The first kappa shape index (κ1) is 15.8. The maximum absolute atomic E-state index is 11.1. The highest BCUT2D eigenvalue weighted by Crippen LogP contribution is 2.69. The van der Waals surface area contributed by atoms with E-state index >= 15 is 0 Å². The molecule has 10 atom stereocenters. The highest BCUT2D eigenvalue weighted by molar-refractivity contribution is 5.34. The molecule has 0 radical (unpaired) electrons. The van der Waals surface area contributed by atoms with E-state index in [4.69, 9.17) is 4.74 Å². The number of aliphatic hydroxyl groups excluding tert-OH is 2. The van der Waals surface area contributed by atoms with Gasteiger partial charge in [0.2, 0.25) is 0 Å². The first-order valence-electron chi connectivity index (χ1n) is 10.1. The van der Waals surface area contributed by atoms with Gasteiger partial charge in [0.1, 0.15) is 12.2 Å². The molecule has 4 fully saturated rings. The van der Waals surface area contributed by atoms with Gasteiger partial charge in [0, 0.05) is 5.41 Å². The van der Waals surface area contributed by atoms with Gasteiger partial charge in [-0.05, 0) is 61.2 Å². The maximum atomic E-state index is 11.1. The third-order valence-electron chi connectivity index (χ3n) is 9.18. The van der Waals surface area contributed by atoms with E-state index in [1.165, 1.54) is 37.7 Å². The standard InChI is InChI=1S/C21H32O3/c1-4-11-5-6-13-17-14(7-8-20(11,13)2)21(3)12(9-15(17)22)10-16(23)18-19(21)24-18/h10-11,13-19,22-23H,4-9H2,1-3H3/t11-,13-,14-,15+,16-,17-,18-,19-,20+,21-/m0/s1. The highest BCUT2D eigenvalue weighted by atomic mass is 16.6. The molecule has 3 saturated carbocycles. The second kappa shape index (κ2) is 4.86. The minimum atomic E-state index is -0.466. The minimum absolute atomic E-state index is 0.00919. The lowest BCUT2D eigenvalue weighted by Gasteiger charge is -2.59. The number of fused-ring (bicyclic) bond motifs is 7. The summed E-state index contributed by atoms with van der Waals surface area (Å²) in [6, 6.07) is 0. The van der Waals surface area contributed by atoms with Crippen molar-refractivity contribution >= 4 is 0 Å². The topological polar surface area (TPSA) is 53.0 Å². The van der Waals surface area contributed by atoms with Crippen LogP contribution in [-0.4, -0.2) is 34.6 Å². The Bertz CT molecular complexity index is 586. The molecule has 3 heteroatoms. The smallest absolute Gasteiger partial charge is 0.114 e. The normalized spacial score (nSPS) is 61.3. The molecule has 0 aromatic rings. The summed E-state index contributed by atoms with van der Waals surface area (Å²) in [6.07, 6.45) is 8.67. The van der Waals surface area contributed by atoms with Crippen molar-refractivity contribution in [2.75, 3.05) is 0 Å². The van der Waals surface area contributed by atoms with E-state index in [0.717, 1.165) is 12.3 Å². The van der Waals surface area contributed by atoms with E-state index in [0.29, 0.717) is 23.2 Å². The van der Waals surface area contributed by atoms with Gasteiger partial charge in [0.15, 0.2) is 0 Å². The Morgan fingerprint density at radius 2 is 1.96 bits per heavy atom. The van der Waals surface area contributed by atoms with Gasteiger partial charge in [-0.25, -0.2) is 0 Å². The Hall–Kier alpha value is -0.380. The Morgan fingerprint density at radius 3 is 2.71 bits per heavy atom. The first-order valence-corrected chi connectivity index (χ1v) is 10.1. The maximum Gasteiger partial charge on any atom is 0.114 e. The fraction of sp³-hybridized carbons (Fsp3) is 0.905. The van der Waals surface area contributed by atoms with E-state index in [2.05, 4.69) is 20.8 Å². The van der Waals surface area contributed by atoms with Crippen molar-refractivity contribution in [3.63, 3.8) is 0 Å². The van der Waals surface area contributed by atoms with Crippen LogP contribution in [0.15, 0.2) is 11.6 Å². The van der Waals surface area contributed by atoms with Crippen molar-refractivity contribution in [3.8, 4) is 0 Å². The average molecular weight is 332 g/mol. The molecule has 134 valence electrons. The molecule has 0 aromatic heterocycles. The van der Waals surface area contributed by atoms with Crippen molar-refractivity contribution in [3.05, 3.63) is 11.6 Å². The molecule has 3 nitrogen and oxygen atoms in total. The van der Waals surface area contributed by atoms with Crippen LogP contribution in [-0.2, 0) is 4.74 Å². The Labute approximate surface area is 145 Å². The van der Waals surface area contributed by atoms with Gasteiger partial charge in [0.05, 0.1) is 12.2 Å². The van der Waals surface area contributed by atoms with Gasteiger partial charge in [-0.2, -0.15) is 0 Å². The summed E-state index contributed by atoms with van der Waals surface area (Å²) in [6.45, 7) is 7.22. The van der Waals surface area contributed by atoms with Crippen molar-refractivity contribution in [2.24, 2.45) is 34.5 Å². The van der Waals surface area contributed by atoms with Gasteiger partial charge in [-0.3, -0.25) is 0 Å². The van der Waals surface area contributed by atoms with Crippen LogP contribution in [0.25, 0.3) is 0 Å². The molecule has 1 heterocycles. The van der Waals surface area contributed by atoms with Gasteiger partial charge < -0.3 is 14.9 Å². The molecule has 0 bridgehead atoms. The fourth-order valence-corrected chi connectivity index (χ4v) is 7.84. The lowest BCUT2D eigenvalue weighted by molar-refractivity contribution is -0.111. The van der Waals surface area contributed by atoms with E-state index in [9.17, 15) is 10.2 Å². The molecule has 0 amide bonds. The van der Waals surface area contributed by atoms with Crippen LogP contribution in [0, 0.1) is 34.5 Å². The zero-order valence-electron chi connectivity index (χ0n) is 15.2. The van der Waals surface area contributed by atoms with Gasteiger partial charge >= 0.3 is 0 Å². The second-order valence-corrected chi connectivity index (χ2v) is 9.78. The summed E-state index contributed by atoms with van der Waals surface area (Å²) in [5, 5.41) is 21.3. The number of aliphatic hydroxyl groups is 2. The second-order valence-electron chi connectivity index (χ2n) is 9.78. The Balaban J connectivity index is 1.54. The third kappa shape index (κ3) is 1.74. The number of epoxide rings is 1. The number of hydrogen-bond donors (Lipinski definition) is 2. The minimum Gasteiger partial charge on any atom is -0.392 e. The molecule has 24 heavy (non-hydrogen) atoms. The lowest BCUT2D eigenvalue weighted by atomic mass is 9.46. The average Bonchev–Trinajstić information content (AvgIpc) is 3.28. The highest BCUT2D eigenvalue weighted by Gasteiger charge is 2.68. The zero-order chi connectivity index (χ0) is 16.9. The van der Waals surface area contributed by atoms with Crippen LogP contribution in [0.1, 0.15) is 59.3 Å². The van der Waals surface area contributed by atoms with Gasteiger partial charge in [-0.15, -0.1) is 0 Å². The summed E-state index contributed by atoms with van der Waals surface area (Å²) < 4.78 is 5.94. The molecule has 2 N–H and O–H groups in total. The zero-order valence-corrected chi connectivity index (χ0v) is 15.2. The van der Waals surface area contributed by atoms with Crippen LogP contribution >= 0.6 is 0 Å². The molecule has 0 unspecified atom stereocenters. The fourth-order valence-electron chi connectivity index (χ4n) is 7.84. The number of rotatable bonds is 1. The van der Waals surface area contributed by atoms with Crippen LogP contribution in [0.2, 0.25) is 0 Å². The molecule has 1 saturated heterocycles. The van der Waals surface area contributed by atoms with Crippen molar-refractivity contribution in [1.29, 1.82) is 0 Å². The monoisotopic (exact) mass is 332 g/mol. The molecule has 5 aliphatic rings. The van der Waals surface area contributed by atoms with Crippen molar-refractivity contribution < 1.29 is 14.9 Å². The van der Waals surface area contributed by atoms with Crippen LogP contribution in [0.3, 0.4) is 0 Å². The predicted molar refractivity (Wildman–Crippen MR) is 92.3 cm³/mol. The predicted octanol–water partition coefficient (Wildman–Crippen LogP) is 3.29. The summed E-state index contributed by atoms with van der Waals surface area (Å²) in [5.41, 5.74) is 1.74. The van der Waals surface area contributed by atoms with E-state index < -0.39 is 6.10 Å². The molecule has 4 aliphatic carbocycles. The number of hydrogen-bond acceptors (Lipinski definition) is 3. The van der Waals surface area contributed by atoms with Crippen LogP contribution in [0.4, 0.5) is 0 Å². The molecule has 0 aromatic carbocycles. The lowest BCUT2D eigenvalue weighted by Crippen LogP contribution is -2.57. The third-order valence-corrected chi connectivity index (χ3v) is 9.18. The molecule has 0 spiro atoms.